The Morgan fingerprint density at radius 3 is 2.27 bits per heavy atom. The van der Waals surface area contributed by atoms with Gasteiger partial charge in [-0.05, 0) is 37.1 Å². The van der Waals surface area contributed by atoms with Crippen molar-refractivity contribution in [2.45, 2.75) is 38.7 Å². The van der Waals surface area contributed by atoms with Crippen molar-refractivity contribution in [3.8, 4) is 5.75 Å². The maximum atomic E-state index is 12.4. The van der Waals surface area contributed by atoms with E-state index in [9.17, 15) is 18.4 Å². The minimum Gasteiger partial charge on any atom is -0.469 e. The molecule has 1 saturated carbocycles. The predicted octanol–water partition coefficient (Wildman–Crippen LogP) is 3.59. The molecule has 0 unspecified atom stereocenters. The van der Waals surface area contributed by atoms with Gasteiger partial charge in [0.25, 0.3) is 0 Å². The highest BCUT2D eigenvalue weighted by atomic mass is 19.3. The number of hydrogen-bond acceptors (Lipinski definition) is 4. The highest BCUT2D eigenvalue weighted by Crippen LogP contribution is 2.43. The van der Waals surface area contributed by atoms with Crippen LogP contribution in [0.3, 0.4) is 0 Å². The summed E-state index contributed by atoms with van der Waals surface area (Å²) in [6.07, 6.45) is 3.14. The number of ether oxygens (including phenoxy) is 2. The average Bonchev–Trinajstić information content (AvgIpc) is 2.96. The van der Waals surface area contributed by atoms with E-state index in [1.807, 2.05) is 0 Å². The van der Waals surface area contributed by atoms with E-state index in [4.69, 9.17) is 4.74 Å². The molecule has 0 N–H and O–H groups in total. The van der Waals surface area contributed by atoms with Crippen molar-refractivity contribution >= 4 is 11.8 Å². The number of ketones is 1. The topological polar surface area (TPSA) is 52.6 Å². The fourth-order valence-corrected chi connectivity index (χ4v) is 2.95. The van der Waals surface area contributed by atoms with Crippen LogP contribution in [0.2, 0.25) is 0 Å². The molecule has 1 aliphatic rings. The Bertz CT molecular complexity index is 534. The van der Waals surface area contributed by atoms with Gasteiger partial charge < -0.3 is 9.47 Å². The van der Waals surface area contributed by atoms with Gasteiger partial charge in [-0.2, -0.15) is 8.78 Å². The molecule has 0 aliphatic heterocycles. The Kier molecular flexibility index (Phi) is 5.11. The molecule has 1 aromatic rings. The van der Waals surface area contributed by atoms with E-state index in [0.29, 0.717) is 18.4 Å². The molecule has 1 aliphatic carbocycles. The Balaban J connectivity index is 2.09. The number of alkyl halides is 2. The quantitative estimate of drug-likeness (QED) is 0.595. The lowest BCUT2D eigenvalue weighted by Crippen LogP contribution is -2.32. The number of methoxy groups -OCH3 is 1. The summed E-state index contributed by atoms with van der Waals surface area (Å²) in [7, 11) is 1.32. The molecule has 6 heteroatoms. The van der Waals surface area contributed by atoms with Crippen molar-refractivity contribution in [2.24, 2.45) is 5.41 Å². The smallest absolute Gasteiger partial charge is 0.387 e. The number of hydrogen-bond donors (Lipinski definition) is 0. The summed E-state index contributed by atoms with van der Waals surface area (Å²) < 4.78 is 33.3. The first-order valence-electron chi connectivity index (χ1n) is 7.13. The molecule has 0 saturated heterocycles. The third-order valence-electron chi connectivity index (χ3n) is 4.08. The van der Waals surface area contributed by atoms with Gasteiger partial charge in [-0.3, -0.25) is 9.59 Å². The van der Waals surface area contributed by atoms with Crippen molar-refractivity contribution in [1.29, 1.82) is 0 Å². The first kappa shape index (κ1) is 16.4. The maximum absolute atomic E-state index is 12.4. The van der Waals surface area contributed by atoms with Crippen LogP contribution in [-0.4, -0.2) is 25.5 Å². The van der Waals surface area contributed by atoms with Gasteiger partial charge in [-0.25, -0.2) is 0 Å². The van der Waals surface area contributed by atoms with Crippen LogP contribution in [0.4, 0.5) is 8.78 Å². The fourth-order valence-electron chi connectivity index (χ4n) is 2.95. The zero-order chi connectivity index (χ0) is 16.2. The second-order valence-electron chi connectivity index (χ2n) is 5.48. The van der Waals surface area contributed by atoms with Crippen LogP contribution in [0, 0.1) is 5.41 Å². The number of halogens is 2. The van der Waals surface area contributed by atoms with Crippen molar-refractivity contribution in [1.82, 2.24) is 0 Å². The molecule has 22 heavy (non-hydrogen) atoms. The number of carbonyl (C=O) groups excluding carboxylic acids is 2. The summed E-state index contributed by atoms with van der Waals surface area (Å²) in [5, 5.41) is 0. The Morgan fingerprint density at radius 2 is 1.77 bits per heavy atom. The second-order valence-corrected chi connectivity index (χ2v) is 5.48. The molecule has 0 heterocycles. The van der Waals surface area contributed by atoms with Gasteiger partial charge in [0.1, 0.15) is 5.75 Å². The van der Waals surface area contributed by atoms with E-state index in [0.717, 1.165) is 12.8 Å². The van der Waals surface area contributed by atoms with Crippen molar-refractivity contribution < 1.29 is 27.8 Å². The molecule has 4 nitrogen and oxygen atoms in total. The second kappa shape index (κ2) is 6.85. The van der Waals surface area contributed by atoms with Gasteiger partial charge in [0.05, 0.1) is 12.5 Å². The SMILES string of the molecule is COC(=O)C1(CC(=O)c2ccc(OC(F)F)cc2)CCCC1. The number of benzene rings is 1. The van der Waals surface area contributed by atoms with Crippen LogP contribution >= 0.6 is 0 Å². The van der Waals surface area contributed by atoms with Gasteiger partial charge in [-0.15, -0.1) is 0 Å². The summed E-state index contributed by atoms with van der Waals surface area (Å²) >= 11 is 0. The molecule has 1 aromatic carbocycles. The van der Waals surface area contributed by atoms with Gasteiger partial charge in [0.2, 0.25) is 0 Å². The zero-order valence-corrected chi connectivity index (χ0v) is 12.3. The van der Waals surface area contributed by atoms with Crippen LogP contribution in [-0.2, 0) is 9.53 Å². The Hall–Kier alpha value is -1.98. The largest absolute Gasteiger partial charge is 0.469 e. The molecule has 1 fully saturated rings. The zero-order valence-electron chi connectivity index (χ0n) is 12.3. The van der Waals surface area contributed by atoms with Crippen LogP contribution in [0.15, 0.2) is 24.3 Å². The molecule has 0 atom stereocenters. The molecule has 2 rings (SSSR count). The standard InChI is InChI=1S/C16H18F2O4/c1-21-14(20)16(8-2-3-9-16)10-13(19)11-4-6-12(7-5-11)22-15(17)18/h4-7,15H,2-3,8-10H2,1H3. The first-order valence-corrected chi connectivity index (χ1v) is 7.13. The lowest BCUT2D eigenvalue weighted by molar-refractivity contribution is -0.152. The minimum absolute atomic E-state index is 0.00454. The summed E-state index contributed by atoms with van der Waals surface area (Å²) in [6, 6.07) is 5.50. The molecule has 0 spiro atoms. The molecular weight excluding hydrogens is 294 g/mol. The molecule has 0 amide bonds. The Morgan fingerprint density at radius 1 is 1.18 bits per heavy atom. The van der Waals surface area contributed by atoms with E-state index in [-0.39, 0.29) is 23.9 Å². The molecule has 120 valence electrons. The highest BCUT2D eigenvalue weighted by Gasteiger charge is 2.43. The van der Waals surface area contributed by atoms with Gasteiger partial charge in [0.15, 0.2) is 5.78 Å². The summed E-state index contributed by atoms with van der Waals surface area (Å²) in [5.74, 6) is -0.554. The van der Waals surface area contributed by atoms with Crippen LogP contribution in [0.5, 0.6) is 5.75 Å². The first-order chi connectivity index (χ1) is 10.5. The highest BCUT2D eigenvalue weighted by molar-refractivity contribution is 5.99. The fraction of sp³-hybridized carbons (Fsp3) is 0.500. The number of rotatable bonds is 6. The average molecular weight is 312 g/mol. The predicted molar refractivity (Wildman–Crippen MR) is 74.9 cm³/mol. The third kappa shape index (κ3) is 3.61. The Labute approximate surface area is 127 Å². The molecule has 0 bridgehead atoms. The lowest BCUT2D eigenvalue weighted by Gasteiger charge is -2.24. The van der Waals surface area contributed by atoms with E-state index in [1.54, 1.807) is 0 Å². The summed E-state index contributed by atoms with van der Waals surface area (Å²) in [4.78, 5) is 24.4. The molecule has 0 radical (unpaired) electrons. The van der Waals surface area contributed by atoms with Gasteiger partial charge in [-0.1, -0.05) is 12.8 Å². The normalized spacial score (nSPS) is 16.5. The van der Waals surface area contributed by atoms with E-state index < -0.39 is 12.0 Å². The van der Waals surface area contributed by atoms with Crippen molar-refractivity contribution in [2.75, 3.05) is 7.11 Å². The van der Waals surface area contributed by atoms with E-state index in [2.05, 4.69) is 4.74 Å². The van der Waals surface area contributed by atoms with Crippen molar-refractivity contribution in [3.05, 3.63) is 29.8 Å². The van der Waals surface area contributed by atoms with Crippen molar-refractivity contribution in [3.63, 3.8) is 0 Å². The van der Waals surface area contributed by atoms with Crippen LogP contribution in [0.25, 0.3) is 0 Å². The van der Waals surface area contributed by atoms with Gasteiger partial charge in [0, 0.05) is 12.0 Å². The maximum Gasteiger partial charge on any atom is 0.387 e. The third-order valence-corrected chi connectivity index (χ3v) is 4.08. The number of esters is 1. The minimum atomic E-state index is -2.90. The lowest BCUT2D eigenvalue weighted by atomic mass is 9.80. The van der Waals surface area contributed by atoms with Crippen LogP contribution in [0.1, 0.15) is 42.5 Å². The van der Waals surface area contributed by atoms with E-state index in [1.165, 1.54) is 31.4 Å². The van der Waals surface area contributed by atoms with Crippen LogP contribution < -0.4 is 4.74 Å². The van der Waals surface area contributed by atoms with E-state index >= 15 is 0 Å². The monoisotopic (exact) mass is 312 g/mol. The molecular formula is C16H18F2O4. The summed E-state index contributed by atoms with van der Waals surface area (Å²) in [6.45, 7) is -2.90. The number of Topliss-reactive ketones (excluding diaryl/α,β-unsaturated/α-hetero) is 1. The molecule has 0 aromatic heterocycles. The number of carbonyl (C=O) groups is 2. The summed E-state index contributed by atoms with van der Waals surface area (Å²) in [5.41, 5.74) is -0.374. The van der Waals surface area contributed by atoms with Gasteiger partial charge >= 0.3 is 12.6 Å².